The number of urea groups is 1. The van der Waals surface area contributed by atoms with Gasteiger partial charge in [0.15, 0.2) is 0 Å². The minimum absolute atomic E-state index is 0.0768. The zero-order valence-corrected chi connectivity index (χ0v) is 14.2. The van der Waals surface area contributed by atoms with E-state index in [1.54, 1.807) is 24.4 Å². The SMILES string of the molecule is CC1CCCN(C(=O)NCc2cccnc2Oc2cccc(F)c2)C1. The van der Waals surface area contributed by atoms with Crippen LogP contribution in [0.5, 0.6) is 11.6 Å². The molecule has 1 aliphatic heterocycles. The number of benzene rings is 1. The summed E-state index contributed by atoms with van der Waals surface area (Å²) in [6.45, 7) is 4.04. The van der Waals surface area contributed by atoms with E-state index in [9.17, 15) is 9.18 Å². The van der Waals surface area contributed by atoms with Gasteiger partial charge in [-0.25, -0.2) is 14.2 Å². The standard InChI is InChI=1S/C19H22FN3O2/c1-14-5-4-10-23(13-14)19(24)22-12-15-6-3-9-21-18(15)25-17-8-2-7-16(20)11-17/h2-3,6-9,11,14H,4-5,10,12-13H2,1H3,(H,22,24). The highest BCUT2D eigenvalue weighted by Crippen LogP contribution is 2.23. The van der Waals surface area contributed by atoms with Crippen LogP contribution in [0.3, 0.4) is 0 Å². The molecule has 1 atom stereocenters. The zero-order chi connectivity index (χ0) is 17.6. The fourth-order valence-corrected chi connectivity index (χ4v) is 2.95. The van der Waals surface area contributed by atoms with Gasteiger partial charge in [-0.05, 0) is 37.0 Å². The number of rotatable bonds is 4. The molecule has 1 aromatic heterocycles. The van der Waals surface area contributed by atoms with E-state index in [-0.39, 0.29) is 11.8 Å². The number of ether oxygens (including phenoxy) is 1. The molecule has 132 valence electrons. The molecule has 1 aliphatic rings. The van der Waals surface area contributed by atoms with Crippen LogP contribution in [0.15, 0.2) is 42.6 Å². The van der Waals surface area contributed by atoms with E-state index in [4.69, 9.17) is 4.74 Å². The van der Waals surface area contributed by atoms with Gasteiger partial charge in [-0.1, -0.05) is 19.1 Å². The van der Waals surface area contributed by atoms with Gasteiger partial charge in [0, 0.05) is 37.5 Å². The van der Waals surface area contributed by atoms with E-state index >= 15 is 0 Å². The Bertz CT molecular complexity index is 738. The van der Waals surface area contributed by atoms with Gasteiger partial charge >= 0.3 is 6.03 Å². The highest BCUT2D eigenvalue weighted by atomic mass is 19.1. The second-order valence-corrected chi connectivity index (χ2v) is 6.38. The number of pyridine rings is 1. The van der Waals surface area contributed by atoms with Gasteiger partial charge in [0.2, 0.25) is 5.88 Å². The maximum absolute atomic E-state index is 13.3. The number of hydrogen-bond acceptors (Lipinski definition) is 3. The van der Waals surface area contributed by atoms with E-state index < -0.39 is 0 Å². The quantitative estimate of drug-likeness (QED) is 0.914. The van der Waals surface area contributed by atoms with Crippen LogP contribution >= 0.6 is 0 Å². The molecular formula is C19H22FN3O2. The van der Waals surface area contributed by atoms with Crippen LogP contribution in [0, 0.1) is 11.7 Å². The first kappa shape index (κ1) is 17.2. The summed E-state index contributed by atoms with van der Waals surface area (Å²) in [6.07, 6.45) is 3.81. The van der Waals surface area contributed by atoms with Crippen molar-refractivity contribution in [1.29, 1.82) is 0 Å². The van der Waals surface area contributed by atoms with Gasteiger partial charge < -0.3 is 15.0 Å². The van der Waals surface area contributed by atoms with Crippen molar-refractivity contribution in [2.24, 2.45) is 5.92 Å². The second kappa shape index (κ2) is 7.96. The summed E-state index contributed by atoms with van der Waals surface area (Å²) in [5, 5.41) is 2.92. The first-order valence-electron chi connectivity index (χ1n) is 8.52. The van der Waals surface area contributed by atoms with Crippen molar-refractivity contribution < 1.29 is 13.9 Å². The van der Waals surface area contributed by atoms with Crippen LogP contribution in [-0.2, 0) is 6.54 Å². The molecule has 2 aromatic rings. The number of nitrogens with zero attached hydrogens (tertiary/aromatic N) is 2. The summed E-state index contributed by atoms with van der Waals surface area (Å²) >= 11 is 0. The summed E-state index contributed by atoms with van der Waals surface area (Å²) in [5.74, 6) is 0.892. The zero-order valence-electron chi connectivity index (χ0n) is 14.2. The third-order valence-electron chi connectivity index (χ3n) is 4.23. The summed E-state index contributed by atoms with van der Waals surface area (Å²) in [4.78, 5) is 18.4. The topological polar surface area (TPSA) is 54.5 Å². The summed E-state index contributed by atoms with van der Waals surface area (Å²) in [6, 6.07) is 9.43. The Morgan fingerprint density at radius 1 is 1.40 bits per heavy atom. The molecule has 1 fully saturated rings. The molecule has 6 heteroatoms. The molecule has 2 heterocycles. The van der Waals surface area contributed by atoms with Gasteiger partial charge in [0.25, 0.3) is 0 Å². The van der Waals surface area contributed by atoms with Crippen molar-refractivity contribution in [2.45, 2.75) is 26.3 Å². The Hall–Kier alpha value is -2.63. The molecule has 0 spiro atoms. The minimum Gasteiger partial charge on any atom is -0.439 e. The number of piperidine rings is 1. The van der Waals surface area contributed by atoms with Crippen LogP contribution in [0.1, 0.15) is 25.3 Å². The molecule has 2 amide bonds. The maximum Gasteiger partial charge on any atom is 0.317 e. The number of amides is 2. The van der Waals surface area contributed by atoms with Crippen molar-refractivity contribution in [2.75, 3.05) is 13.1 Å². The lowest BCUT2D eigenvalue weighted by molar-refractivity contribution is 0.169. The molecule has 25 heavy (non-hydrogen) atoms. The van der Waals surface area contributed by atoms with E-state index in [1.165, 1.54) is 12.1 Å². The minimum atomic E-state index is -0.373. The van der Waals surface area contributed by atoms with Crippen molar-refractivity contribution >= 4 is 6.03 Å². The molecule has 5 nitrogen and oxygen atoms in total. The average molecular weight is 343 g/mol. The Balaban J connectivity index is 1.63. The lowest BCUT2D eigenvalue weighted by atomic mass is 10.0. The summed E-state index contributed by atoms with van der Waals surface area (Å²) in [5.41, 5.74) is 0.741. The van der Waals surface area contributed by atoms with Crippen LogP contribution in [-0.4, -0.2) is 29.0 Å². The van der Waals surface area contributed by atoms with Crippen molar-refractivity contribution in [3.8, 4) is 11.6 Å². The van der Waals surface area contributed by atoms with E-state index in [0.29, 0.717) is 24.1 Å². The molecule has 1 aromatic carbocycles. The fraction of sp³-hybridized carbons (Fsp3) is 0.368. The second-order valence-electron chi connectivity index (χ2n) is 6.38. The highest BCUT2D eigenvalue weighted by Gasteiger charge is 2.20. The molecule has 0 aliphatic carbocycles. The molecule has 0 saturated carbocycles. The molecule has 0 bridgehead atoms. The average Bonchev–Trinajstić information content (AvgIpc) is 2.61. The predicted molar refractivity (Wildman–Crippen MR) is 92.9 cm³/mol. The predicted octanol–water partition coefficient (Wildman–Crippen LogP) is 3.95. The number of hydrogen-bond donors (Lipinski definition) is 1. The monoisotopic (exact) mass is 343 g/mol. The Kier molecular flexibility index (Phi) is 5.48. The van der Waals surface area contributed by atoms with Crippen molar-refractivity contribution in [3.63, 3.8) is 0 Å². The Morgan fingerprint density at radius 2 is 2.28 bits per heavy atom. The van der Waals surface area contributed by atoms with Gasteiger partial charge in [-0.15, -0.1) is 0 Å². The van der Waals surface area contributed by atoms with Gasteiger partial charge in [0.1, 0.15) is 11.6 Å². The number of carbonyl (C=O) groups is 1. The normalized spacial score (nSPS) is 17.2. The smallest absolute Gasteiger partial charge is 0.317 e. The van der Waals surface area contributed by atoms with E-state index in [1.807, 2.05) is 11.0 Å². The fourth-order valence-electron chi connectivity index (χ4n) is 2.95. The van der Waals surface area contributed by atoms with Crippen molar-refractivity contribution in [3.05, 3.63) is 54.0 Å². The lowest BCUT2D eigenvalue weighted by Gasteiger charge is -2.31. The third-order valence-corrected chi connectivity index (χ3v) is 4.23. The number of likely N-dealkylation sites (tertiary alicyclic amines) is 1. The Labute approximate surface area is 146 Å². The first-order chi connectivity index (χ1) is 12.1. The number of nitrogens with one attached hydrogen (secondary N) is 1. The van der Waals surface area contributed by atoms with Crippen LogP contribution in [0.4, 0.5) is 9.18 Å². The van der Waals surface area contributed by atoms with Gasteiger partial charge in [0.05, 0.1) is 0 Å². The molecule has 0 radical (unpaired) electrons. The number of halogens is 1. The first-order valence-corrected chi connectivity index (χ1v) is 8.52. The van der Waals surface area contributed by atoms with Crippen LogP contribution in [0.25, 0.3) is 0 Å². The molecule has 3 rings (SSSR count). The lowest BCUT2D eigenvalue weighted by Crippen LogP contribution is -2.44. The molecule has 1 saturated heterocycles. The van der Waals surface area contributed by atoms with E-state index in [0.717, 1.165) is 31.5 Å². The summed E-state index contributed by atoms with van der Waals surface area (Å²) in [7, 11) is 0. The Morgan fingerprint density at radius 3 is 3.08 bits per heavy atom. The number of aromatic nitrogens is 1. The maximum atomic E-state index is 13.3. The summed E-state index contributed by atoms with van der Waals surface area (Å²) < 4.78 is 19.0. The molecule has 1 unspecified atom stereocenters. The third kappa shape index (κ3) is 4.68. The number of carbonyl (C=O) groups excluding carboxylic acids is 1. The largest absolute Gasteiger partial charge is 0.439 e. The van der Waals surface area contributed by atoms with Gasteiger partial charge in [-0.3, -0.25) is 0 Å². The molecular weight excluding hydrogens is 321 g/mol. The van der Waals surface area contributed by atoms with Crippen molar-refractivity contribution in [1.82, 2.24) is 15.2 Å². The van der Waals surface area contributed by atoms with E-state index in [2.05, 4.69) is 17.2 Å². The molecule has 1 N–H and O–H groups in total. The van der Waals surface area contributed by atoms with Gasteiger partial charge in [-0.2, -0.15) is 0 Å². The van der Waals surface area contributed by atoms with Crippen LogP contribution in [0.2, 0.25) is 0 Å². The van der Waals surface area contributed by atoms with Crippen LogP contribution < -0.4 is 10.1 Å². The highest BCUT2D eigenvalue weighted by molar-refractivity contribution is 5.74.